The summed E-state index contributed by atoms with van der Waals surface area (Å²) in [4.78, 5) is 7.88. The van der Waals surface area contributed by atoms with E-state index < -0.39 is 11.4 Å². The van der Waals surface area contributed by atoms with E-state index in [-0.39, 0.29) is 17.0 Å². The number of halogens is 1. The second-order valence-electron chi connectivity index (χ2n) is 3.98. The third kappa shape index (κ3) is 2.04. The number of aromatic nitrogens is 2. The van der Waals surface area contributed by atoms with E-state index in [1.807, 2.05) is 0 Å². The van der Waals surface area contributed by atoms with Crippen LogP contribution >= 0.6 is 0 Å². The van der Waals surface area contributed by atoms with E-state index in [9.17, 15) is 9.50 Å². The number of hydrogen-bond donors (Lipinski definition) is 1. The summed E-state index contributed by atoms with van der Waals surface area (Å²) in [7, 11) is 1.42. The van der Waals surface area contributed by atoms with Gasteiger partial charge in [-0.1, -0.05) is 6.07 Å². The van der Waals surface area contributed by atoms with Crippen molar-refractivity contribution in [3.05, 3.63) is 53.9 Å². The standard InChI is InChI=1S/C13H13FN2O2/c1-13(17,11-8-15-6-7-16-11)12-9(14)4-3-5-10(12)18-2/h3-8,17H,1-2H3. The highest BCUT2D eigenvalue weighted by molar-refractivity contribution is 5.42. The van der Waals surface area contributed by atoms with Crippen LogP contribution in [0.3, 0.4) is 0 Å². The molecule has 2 rings (SSSR count). The first-order valence-electron chi connectivity index (χ1n) is 5.39. The van der Waals surface area contributed by atoms with E-state index in [0.717, 1.165) is 0 Å². The molecular weight excluding hydrogens is 235 g/mol. The van der Waals surface area contributed by atoms with Gasteiger partial charge < -0.3 is 9.84 Å². The summed E-state index contributed by atoms with van der Waals surface area (Å²) in [5, 5.41) is 10.5. The van der Waals surface area contributed by atoms with Crippen molar-refractivity contribution in [3.8, 4) is 5.75 Å². The molecule has 0 saturated heterocycles. The SMILES string of the molecule is COc1cccc(F)c1C(C)(O)c1cnccn1. The minimum absolute atomic E-state index is 0.0491. The van der Waals surface area contributed by atoms with E-state index in [2.05, 4.69) is 9.97 Å². The Balaban J connectivity index is 2.61. The fraction of sp³-hybridized carbons (Fsp3) is 0.231. The zero-order valence-corrected chi connectivity index (χ0v) is 10.1. The van der Waals surface area contributed by atoms with Gasteiger partial charge in [0.15, 0.2) is 0 Å². The molecule has 0 radical (unpaired) electrons. The zero-order valence-electron chi connectivity index (χ0n) is 10.1. The average Bonchev–Trinajstić information content (AvgIpc) is 2.39. The monoisotopic (exact) mass is 248 g/mol. The summed E-state index contributed by atoms with van der Waals surface area (Å²) in [6, 6.07) is 4.37. The first kappa shape index (κ1) is 12.4. The number of rotatable bonds is 3. The average molecular weight is 248 g/mol. The van der Waals surface area contributed by atoms with Crippen molar-refractivity contribution in [2.24, 2.45) is 0 Å². The van der Waals surface area contributed by atoms with Crippen molar-refractivity contribution >= 4 is 0 Å². The van der Waals surface area contributed by atoms with Crippen LogP contribution in [0.25, 0.3) is 0 Å². The van der Waals surface area contributed by atoms with Crippen molar-refractivity contribution in [1.29, 1.82) is 0 Å². The Bertz CT molecular complexity index is 544. The smallest absolute Gasteiger partial charge is 0.137 e. The molecule has 2 aromatic rings. The van der Waals surface area contributed by atoms with Crippen LogP contribution in [0.5, 0.6) is 5.75 Å². The van der Waals surface area contributed by atoms with E-state index >= 15 is 0 Å². The number of nitrogens with zero attached hydrogens (tertiary/aromatic N) is 2. The van der Waals surface area contributed by atoms with Crippen LogP contribution in [0.15, 0.2) is 36.8 Å². The van der Waals surface area contributed by atoms with Crippen molar-refractivity contribution in [2.75, 3.05) is 7.11 Å². The highest BCUT2D eigenvalue weighted by Gasteiger charge is 2.33. The molecule has 94 valence electrons. The van der Waals surface area contributed by atoms with Crippen LogP contribution in [0.1, 0.15) is 18.2 Å². The molecule has 0 fully saturated rings. The van der Waals surface area contributed by atoms with Gasteiger partial charge in [0.1, 0.15) is 17.2 Å². The highest BCUT2D eigenvalue weighted by Crippen LogP contribution is 2.35. The summed E-state index contributed by atoms with van der Waals surface area (Å²) >= 11 is 0. The van der Waals surface area contributed by atoms with Crippen LogP contribution in [-0.2, 0) is 5.60 Å². The molecule has 0 saturated carbocycles. The van der Waals surface area contributed by atoms with Crippen molar-refractivity contribution in [1.82, 2.24) is 9.97 Å². The molecule has 1 aromatic heterocycles. The number of ether oxygens (including phenoxy) is 1. The Hall–Kier alpha value is -2.01. The second kappa shape index (κ2) is 4.70. The minimum Gasteiger partial charge on any atom is -0.496 e. The molecule has 1 heterocycles. The number of benzene rings is 1. The fourth-order valence-electron chi connectivity index (χ4n) is 1.83. The number of aliphatic hydroxyl groups is 1. The first-order chi connectivity index (χ1) is 8.57. The van der Waals surface area contributed by atoms with Crippen molar-refractivity contribution in [2.45, 2.75) is 12.5 Å². The van der Waals surface area contributed by atoms with E-state index in [0.29, 0.717) is 0 Å². The topological polar surface area (TPSA) is 55.2 Å². The lowest BCUT2D eigenvalue weighted by Crippen LogP contribution is -2.26. The third-order valence-corrected chi connectivity index (χ3v) is 2.74. The van der Waals surface area contributed by atoms with Crippen LogP contribution in [0.2, 0.25) is 0 Å². The summed E-state index contributed by atoms with van der Waals surface area (Å²) in [5.74, 6) is -0.282. The summed E-state index contributed by atoms with van der Waals surface area (Å²) in [6.45, 7) is 1.46. The maximum Gasteiger partial charge on any atom is 0.137 e. The molecule has 1 aromatic carbocycles. The lowest BCUT2D eigenvalue weighted by Gasteiger charge is -2.25. The Morgan fingerprint density at radius 1 is 1.33 bits per heavy atom. The van der Waals surface area contributed by atoms with E-state index in [1.54, 1.807) is 6.07 Å². The Morgan fingerprint density at radius 3 is 2.72 bits per heavy atom. The highest BCUT2D eigenvalue weighted by atomic mass is 19.1. The Morgan fingerprint density at radius 2 is 2.11 bits per heavy atom. The van der Waals surface area contributed by atoms with Gasteiger partial charge in [-0.2, -0.15) is 0 Å². The van der Waals surface area contributed by atoms with Crippen LogP contribution < -0.4 is 4.74 Å². The van der Waals surface area contributed by atoms with E-state index in [1.165, 1.54) is 44.8 Å². The normalized spacial score (nSPS) is 14.0. The predicted molar refractivity (Wildman–Crippen MR) is 63.7 cm³/mol. The van der Waals surface area contributed by atoms with Crippen LogP contribution in [-0.4, -0.2) is 22.2 Å². The molecule has 5 heteroatoms. The fourth-order valence-corrected chi connectivity index (χ4v) is 1.83. The Labute approximate surface area is 104 Å². The van der Waals surface area contributed by atoms with Crippen LogP contribution in [0.4, 0.5) is 4.39 Å². The minimum atomic E-state index is -1.61. The van der Waals surface area contributed by atoms with Crippen molar-refractivity contribution < 1.29 is 14.2 Å². The molecule has 18 heavy (non-hydrogen) atoms. The molecular formula is C13H13FN2O2. The van der Waals surface area contributed by atoms with Gasteiger partial charge in [0, 0.05) is 12.4 Å². The number of methoxy groups -OCH3 is 1. The summed E-state index contributed by atoms with van der Waals surface area (Å²) < 4.78 is 19.0. The maximum absolute atomic E-state index is 13.9. The largest absolute Gasteiger partial charge is 0.496 e. The molecule has 0 aliphatic rings. The Kier molecular flexibility index (Phi) is 3.25. The van der Waals surface area contributed by atoms with Gasteiger partial charge in [-0.15, -0.1) is 0 Å². The summed E-state index contributed by atoms with van der Waals surface area (Å²) in [5.41, 5.74) is -1.30. The van der Waals surface area contributed by atoms with Gasteiger partial charge in [0.2, 0.25) is 0 Å². The lowest BCUT2D eigenvalue weighted by molar-refractivity contribution is 0.0894. The molecule has 4 nitrogen and oxygen atoms in total. The molecule has 0 aliphatic heterocycles. The van der Waals surface area contributed by atoms with Crippen LogP contribution in [0, 0.1) is 5.82 Å². The van der Waals surface area contributed by atoms with Gasteiger partial charge in [-0.05, 0) is 19.1 Å². The molecule has 1 N–H and O–H groups in total. The maximum atomic E-state index is 13.9. The molecule has 0 bridgehead atoms. The third-order valence-electron chi connectivity index (χ3n) is 2.74. The molecule has 0 amide bonds. The molecule has 1 unspecified atom stereocenters. The van der Waals surface area contributed by atoms with Gasteiger partial charge in [0.25, 0.3) is 0 Å². The van der Waals surface area contributed by atoms with Crippen molar-refractivity contribution in [3.63, 3.8) is 0 Å². The molecule has 0 spiro atoms. The number of hydrogen-bond acceptors (Lipinski definition) is 4. The van der Waals surface area contributed by atoms with Gasteiger partial charge in [-0.3, -0.25) is 9.97 Å². The second-order valence-corrected chi connectivity index (χ2v) is 3.98. The molecule has 1 atom stereocenters. The van der Waals surface area contributed by atoms with Gasteiger partial charge in [-0.25, -0.2) is 4.39 Å². The molecule has 0 aliphatic carbocycles. The van der Waals surface area contributed by atoms with Gasteiger partial charge in [0.05, 0.1) is 24.6 Å². The lowest BCUT2D eigenvalue weighted by atomic mass is 9.91. The van der Waals surface area contributed by atoms with E-state index in [4.69, 9.17) is 4.74 Å². The van der Waals surface area contributed by atoms with Gasteiger partial charge >= 0.3 is 0 Å². The first-order valence-corrected chi connectivity index (χ1v) is 5.39. The summed E-state index contributed by atoms with van der Waals surface area (Å²) in [6.07, 6.45) is 4.32. The zero-order chi connectivity index (χ0) is 13.2. The quantitative estimate of drug-likeness (QED) is 0.901. The predicted octanol–water partition coefficient (Wildman–Crippen LogP) is 1.88.